The Morgan fingerprint density at radius 2 is 1.71 bits per heavy atom. The van der Waals surface area contributed by atoms with Gasteiger partial charge in [0.1, 0.15) is 5.82 Å². The van der Waals surface area contributed by atoms with Gasteiger partial charge in [-0.15, -0.1) is 0 Å². The van der Waals surface area contributed by atoms with Crippen molar-refractivity contribution in [2.24, 2.45) is 0 Å². The quantitative estimate of drug-likeness (QED) is 0.495. The molecule has 2 N–H and O–H groups in total. The minimum atomic E-state index is -4.42. The van der Waals surface area contributed by atoms with Gasteiger partial charge in [-0.25, -0.2) is 4.39 Å². The number of rotatable bonds is 6. The van der Waals surface area contributed by atoms with Gasteiger partial charge in [-0.05, 0) is 67.3 Å². The number of alkyl halides is 3. The molecule has 5 nitrogen and oxygen atoms in total. The summed E-state index contributed by atoms with van der Waals surface area (Å²) in [5.74, 6) is -1.33. The molecule has 0 unspecified atom stereocenters. The Morgan fingerprint density at radius 3 is 2.29 bits per heavy atom. The zero-order chi connectivity index (χ0) is 24.5. The van der Waals surface area contributed by atoms with E-state index in [0.29, 0.717) is 22.4 Å². The SMILES string of the molecule is Cc1c(F)cc(C(=O)NC2CC2)cc1-c1ccc(C(=O)NCc2ccc(C(F)(F)F)cc2)cn1. The zero-order valence-corrected chi connectivity index (χ0v) is 18.2. The van der Waals surface area contributed by atoms with Crippen LogP contribution in [0.25, 0.3) is 11.3 Å². The smallest absolute Gasteiger partial charge is 0.349 e. The van der Waals surface area contributed by atoms with E-state index < -0.39 is 23.5 Å². The normalized spacial score (nSPS) is 13.4. The Bertz CT molecular complexity index is 1220. The molecule has 1 saturated carbocycles. The van der Waals surface area contributed by atoms with Gasteiger partial charge in [-0.3, -0.25) is 14.6 Å². The fourth-order valence-corrected chi connectivity index (χ4v) is 3.36. The standard InChI is InChI=1S/C25H21F4N3O2/c1-14-20(10-17(11-21(14)26)24(34)32-19-7-8-19)22-9-4-16(13-30-22)23(33)31-12-15-2-5-18(6-3-15)25(27,28)29/h2-6,9-11,13,19H,7-8,12H2,1H3,(H,31,33)(H,32,34). The average Bonchev–Trinajstić information content (AvgIpc) is 3.63. The number of carbonyl (C=O) groups is 2. The molecule has 0 atom stereocenters. The molecular weight excluding hydrogens is 450 g/mol. The lowest BCUT2D eigenvalue weighted by molar-refractivity contribution is -0.137. The number of pyridine rings is 1. The molecule has 1 aromatic heterocycles. The summed E-state index contributed by atoms with van der Waals surface area (Å²) in [6.45, 7) is 1.63. The van der Waals surface area contributed by atoms with Crippen LogP contribution in [0.1, 0.15) is 50.2 Å². The van der Waals surface area contributed by atoms with E-state index in [4.69, 9.17) is 0 Å². The Hall–Kier alpha value is -3.75. The Morgan fingerprint density at radius 1 is 1.00 bits per heavy atom. The Kier molecular flexibility index (Phi) is 6.37. The first kappa shape index (κ1) is 23.4. The van der Waals surface area contributed by atoms with Crippen LogP contribution < -0.4 is 10.6 Å². The fourth-order valence-electron chi connectivity index (χ4n) is 3.36. The van der Waals surface area contributed by atoms with Gasteiger partial charge in [0.25, 0.3) is 11.8 Å². The molecular formula is C25H21F4N3O2. The third-order valence-corrected chi connectivity index (χ3v) is 5.56. The third kappa shape index (κ3) is 5.41. The second-order valence-corrected chi connectivity index (χ2v) is 8.19. The van der Waals surface area contributed by atoms with Crippen molar-refractivity contribution < 1.29 is 27.2 Å². The predicted molar refractivity (Wildman–Crippen MR) is 117 cm³/mol. The highest BCUT2D eigenvalue weighted by Crippen LogP contribution is 2.29. The van der Waals surface area contributed by atoms with Crippen molar-refractivity contribution in [1.82, 2.24) is 15.6 Å². The molecule has 1 fully saturated rings. The Balaban J connectivity index is 1.45. The van der Waals surface area contributed by atoms with E-state index in [1.54, 1.807) is 19.1 Å². The van der Waals surface area contributed by atoms with Crippen molar-refractivity contribution in [2.75, 3.05) is 0 Å². The van der Waals surface area contributed by atoms with Crippen LogP contribution in [0, 0.1) is 12.7 Å². The Labute approximate surface area is 193 Å². The lowest BCUT2D eigenvalue weighted by Gasteiger charge is -2.11. The van der Waals surface area contributed by atoms with Crippen molar-refractivity contribution in [3.8, 4) is 11.3 Å². The van der Waals surface area contributed by atoms with E-state index in [0.717, 1.165) is 25.0 Å². The van der Waals surface area contributed by atoms with Crippen LogP contribution in [-0.4, -0.2) is 22.8 Å². The number of aromatic nitrogens is 1. The first-order chi connectivity index (χ1) is 16.1. The van der Waals surface area contributed by atoms with E-state index in [1.807, 2.05) is 0 Å². The minimum absolute atomic E-state index is 0.0428. The van der Waals surface area contributed by atoms with Crippen LogP contribution in [-0.2, 0) is 12.7 Å². The highest BCUT2D eigenvalue weighted by molar-refractivity contribution is 5.96. The van der Waals surface area contributed by atoms with Crippen LogP contribution in [0.4, 0.5) is 17.6 Å². The van der Waals surface area contributed by atoms with Crippen molar-refractivity contribution in [3.63, 3.8) is 0 Å². The van der Waals surface area contributed by atoms with Gasteiger partial charge in [0.05, 0.1) is 16.8 Å². The number of amides is 2. The molecule has 0 spiro atoms. The summed E-state index contributed by atoms with van der Waals surface area (Å²) in [4.78, 5) is 29.0. The van der Waals surface area contributed by atoms with Gasteiger partial charge in [0.15, 0.2) is 0 Å². The van der Waals surface area contributed by atoms with Crippen LogP contribution in [0.2, 0.25) is 0 Å². The molecule has 2 aromatic carbocycles. The first-order valence-electron chi connectivity index (χ1n) is 10.6. The molecule has 176 valence electrons. The monoisotopic (exact) mass is 471 g/mol. The molecule has 1 aliphatic rings. The maximum atomic E-state index is 14.5. The number of hydrogen-bond acceptors (Lipinski definition) is 3. The van der Waals surface area contributed by atoms with Crippen molar-refractivity contribution in [3.05, 3.63) is 88.4 Å². The number of carbonyl (C=O) groups excluding carboxylic acids is 2. The molecule has 0 radical (unpaired) electrons. The zero-order valence-electron chi connectivity index (χ0n) is 18.2. The van der Waals surface area contributed by atoms with Gasteiger partial charge < -0.3 is 10.6 Å². The van der Waals surface area contributed by atoms with Gasteiger partial charge in [0.2, 0.25) is 0 Å². The number of halogens is 4. The number of hydrogen-bond donors (Lipinski definition) is 2. The summed E-state index contributed by atoms with van der Waals surface area (Å²) in [6.07, 6.45) is -1.27. The molecule has 3 aromatic rings. The predicted octanol–water partition coefficient (Wildman–Crippen LogP) is 5.04. The summed E-state index contributed by atoms with van der Waals surface area (Å²) in [6, 6.07) is 10.5. The highest BCUT2D eigenvalue weighted by atomic mass is 19.4. The second-order valence-electron chi connectivity index (χ2n) is 8.19. The summed E-state index contributed by atoms with van der Waals surface area (Å²) < 4.78 is 52.4. The summed E-state index contributed by atoms with van der Waals surface area (Å²) >= 11 is 0. The van der Waals surface area contributed by atoms with Gasteiger partial charge in [-0.2, -0.15) is 13.2 Å². The summed E-state index contributed by atoms with van der Waals surface area (Å²) in [5, 5.41) is 5.45. The largest absolute Gasteiger partial charge is 0.416 e. The molecule has 0 saturated heterocycles. The summed E-state index contributed by atoms with van der Waals surface area (Å²) in [5.41, 5.74) is 1.35. The minimum Gasteiger partial charge on any atom is -0.349 e. The van der Waals surface area contributed by atoms with Crippen LogP contribution >= 0.6 is 0 Å². The number of benzene rings is 2. The molecule has 1 aliphatic carbocycles. The maximum absolute atomic E-state index is 14.5. The molecule has 0 bridgehead atoms. The number of nitrogens with one attached hydrogen (secondary N) is 2. The molecule has 34 heavy (non-hydrogen) atoms. The third-order valence-electron chi connectivity index (χ3n) is 5.56. The topological polar surface area (TPSA) is 71.1 Å². The fraction of sp³-hybridized carbons (Fsp3) is 0.240. The van der Waals surface area contributed by atoms with Crippen molar-refractivity contribution in [2.45, 2.75) is 38.5 Å². The van der Waals surface area contributed by atoms with Crippen LogP contribution in [0.3, 0.4) is 0 Å². The molecule has 1 heterocycles. The molecule has 9 heteroatoms. The van der Waals surface area contributed by atoms with E-state index in [2.05, 4.69) is 15.6 Å². The van der Waals surface area contributed by atoms with E-state index >= 15 is 0 Å². The van der Waals surface area contributed by atoms with E-state index in [9.17, 15) is 27.2 Å². The van der Waals surface area contributed by atoms with Crippen molar-refractivity contribution >= 4 is 11.8 Å². The summed E-state index contributed by atoms with van der Waals surface area (Å²) in [7, 11) is 0. The van der Waals surface area contributed by atoms with Gasteiger partial charge >= 0.3 is 6.18 Å². The highest BCUT2D eigenvalue weighted by Gasteiger charge is 2.30. The van der Waals surface area contributed by atoms with E-state index in [-0.39, 0.29) is 29.6 Å². The molecule has 2 amide bonds. The number of nitrogens with zero attached hydrogens (tertiary/aromatic N) is 1. The molecule has 0 aliphatic heterocycles. The van der Waals surface area contributed by atoms with Crippen LogP contribution in [0.5, 0.6) is 0 Å². The van der Waals surface area contributed by atoms with Crippen molar-refractivity contribution in [1.29, 1.82) is 0 Å². The molecule has 4 rings (SSSR count). The lowest BCUT2D eigenvalue weighted by Crippen LogP contribution is -2.25. The lowest BCUT2D eigenvalue weighted by atomic mass is 10.00. The first-order valence-corrected chi connectivity index (χ1v) is 10.6. The van der Waals surface area contributed by atoms with E-state index in [1.165, 1.54) is 30.5 Å². The van der Waals surface area contributed by atoms with Gasteiger partial charge in [0, 0.05) is 29.9 Å². The second kappa shape index (κ2) is 9.24. The average molecular weight is 471 g/mol. The van der Waals surface area contributed by atoms with Crippen LogP contribution in [0.15, 0.2) is 54.7 Å². The van der Waals surface area contributed by atoms with Gasteiger partial charge in [-0.1, -0.05) is 12.1 Å². The maximum Gasteiger partial charge on any atom is 0.416 e.